The van der Waals surface area contributed by atoms with Crippen molar-refractivity contribution < 1.29 is 19.1 Å². The zero-order valence-corrected chi connectivity index (χ0v) is 16.6. The number of rotatable bonds is 4. The molecular weight excluding hydrogens is 386 g/mol. The third kappa shape index (κ3) is 4.78. The Balaban J connectivity index is 1.55. The summed E-state index contributed by atoms with van der Waals surface area (Å²) in [4.78, 5) is 40.1. The van der Waals surface area contributed by atoms with Crippen LogP contribution in [0.1, 0.15) is 19.8 Å². The minimum absolute atomic E-state index is 0.0596. The molecule has 1 aromatic rings. The molecule has 0 bridgehead atoms. The molecule has 1 atom stereocenters. The van der Waals surface area contributed by atoms with E-state index in [4.69, 9.17) is 17.0 Å². The Labute approximate surface area is 167 Å². The van der Waals surface area contributed by atoms with Crippen molar-refractivity contribution in [1.29, 1.82) is 0 Å². The van der Waals surface area contributed by atoms with Crippen LogP contribution in [0.2, 0.25) is 0 Å². The molecule has 2 aliphatic heterocycles. The zero-order chi connectivity index (χ0) is 19.4. The molecule has 1 saturated heterocycles. The molecule has 0 aliphatic carbocycles. The number of hydrogen-bond donors (Lipinski definition) is 1. The number of hydrogen-bond acceptors (Lipinski definition) is 6. The Hall–Kier alpha value is -2.13. The molecule has 0 radical (unpaired) electrons. The molecule has 0 saturated carbocycles. The van der Waals surface area contributed by atoms with Crippen LogP contribution in [0.4, 0.5) is 11.4 Å². The summed E-state index contributed by atoms with van der Waals surface area (Å²) in [5.41, 5.74) is 1.15. The van der Waals surface area contributed by atoms with E-state index in [2.05, 4.69) is 10.2 Å². The first kappa shape index (κ1) is 19.6. The summed E-state index contributed by atoms with van der Waals surface area (Å²) < 4.78 is 5.95. The van der Waals surface area contributed by atoms with E-state index in [1.54, 1.807) is 24.3 Å². The molecule has 2 heterocycles. The van der Waals surface area contributed by atoms with E-state index < -0.39 is 18.0 Å². The normalized spacial score (nSPS) is 17.1. The molecule has 1 aromatic carbocycles. The van der Waals surface area contributed by atoms with Gasteiger partial charge in [-0.1, -0.05) is 36.1 Å². The SMILES string of the molecule is C[C@H](OC(=O)CSC(=S)N1CCCC1)C(=O)N1CC(=O)Nc2ccccc21. The predicted molar refractivity (Wildman–Crippen MR) is 109 cm³/mol. The number of nitrogens with zero attached hydrogens (tertiary/aromatic N) is 2. The van der Waals surface area contributed by atoms with E-state index in [-0.39, 0.29) is 18.2 Å². The van der Waals surface area contributed by atoms with Crippen LogP contribution < -0.4 is 10.2 Å². The van der Waals surface area contributed by atoms with Gasteiger partial charge in [0, 0.05) is 13.1 Å². The molecule has 0 unspecified atom stereocenters. The number of para-hydroxylation sites is 2. The van der Waals surface area contributed by atoms with Crippen molar-refractivity contribution in [2.45, 2.75) is 25.9 Å². The van der Waals surface area contributed by atoms with E-state index in [0.29, 0.717) is 15.7 Å². The van der Waals surface area contributed by atoms with Gasteiger partial charge in [-0.25, -0.2) is 0 Å². The number of thioether (sulfide) groups is 1. The maximum absolute atomic E-state index is 12.7. The number of esters is 1. The minimum atomic E-state index is -0.989. The van der Waals surface area contributed by atoms with Crippen LogP contribution >= 0.6 is 24.0 Å². The molecule has 144 valence electrons. The van der Waals surface area contributed by atoms with Gasteiger partial charge in [0.15, 0.2) is 6.10 Å². The molecule has 2 aliphatic rings. The van der Waals surface area contributed by atoms with Crippen molar-refractivity contribution >= 4 is 57.5 Å². The minimum Gasteiger partial charge on any atom is -0.452 e. The third-order valence-corrected chi connectivity index (χ3v) is 5.87. The fourth-order valence-electron chi connectivity index (χ4n) is 3.04. The van der Waals surface area contributed by atoms with Gasteiger partial charge in [-0.15, -0.1) is 0 Å². The Morgan fingerprint density at radius 3 is 2.74 bits per heavy atom. The van der Waals surface area contributed by atoms with Crippen molar-refractivity contribution in [3.8, 4) is 0 Å². The predicted octanol–water partition coefficient (Wildman–Crippen LogP) is 2.02. The topological polar surface area (TPSA) is 79.0 Å². The number of ether oxygens (including phenoxy) is 1. The van der Waals surface area contributed by atoms with Gasteiger partial charge in [0.1, 0.15) is 10.9 Å². The van der Waals surface area contributed by atoms with Gasteiger partial charge in [-0.05, 0) is 31.9 Å². The maximum atomic E-state index is 12.7. The third-order valence-electron chi connectivity index (χ3n) is 4.37. The lowest BCUT2D eigenvalue weighted by atomic mass is 10.1. The average Bonchev–Trinajstić information content (AvgIpc) is 3.19. The molecule has 1 fully saturated rings. The summed E-state index contributed by atoms with van der Waals surface area (Å²) in [6.07, 6.45) is 1.24. The van der Waals surface area contributed by atoms with E-state index >= 15 is 0 Å². The quantitative estimate of drug-likeness (QED) is 0.604. The standard InChI is InChI=1S/C18H21N3O4S2/c1-12(25-16(23)11-27-18(26)20-8-4-5-9-20)17(24)21-10-15(22)19-13-6-2-3-7-14(13)21/h2-3,6-7,12H,4-5,8-11H2,1H3,(H,19,22)/t12-/m0/s1. The van der Waals surface area contributed by atoms with Crippen LogP contribution in [-0.2, 0) is 19.1 Å². The lowest BCUT2D eigenvalue weighted by molar-refractivity contribution is -0.151. The Kier molecular flexibility index (Phi) is 6.33. The number of fused-ring (bicyclic) bond motifs is 1. The number of anilines is 2. The molecule has 0 aromatic heterocycles. The van der Waals surface area contributed by atoms with E-state index in [0.717, 1.165) is 25.9 Å². The molecular formula is C18H21N3O4S2. The van der Waals surface area contributed by atoms with E-state index in [1.165, 1.54) is 23.6 Å². The molecule has 0 spiro atoms. The van der Waals surface area contributed by atoms with E-state index in [1.807, 2.05) is 0 Å². The monoisotopic (exact) mass is 407 g/mol. The second kappa shape index (κ2) is 8.71. The number of carbonyl (C=O) groups is 3. The molecule has 27 heavy (non-hydrogen) atoms. The second-order valence-corrected chi connectivity index (χ2v) is 7.98. The van der Waals surface area contributed by atoms with Crippen LogP contribution in [0.15, 0.2) is 24.3 Å². The van der Waals surface area contributed by atoms with Crippen LogP contribution in [-0.4, -0.2) is 58.5 Å². The highest BCUT2D eigenvalue weighted by molar-refractivity contribution is 8.23. The van der Waals surface area contributed by atoms with Crippen molar-refractivity contribution in [2.75, 3.05) is 35.6 Å². The highest BCUT2D eigenvalue weighted by Gasteiger charge is 2.31. The first-order valence-electron chi connectivity index (χ1n) is 8.77. The number of carbonyl (C=O) groups excluding carboxylic acids is 3. The van der Waals surface area contributed by atoms with Crippen LogP contribution in [0.25, 0.3) is 0 Å². The number of benzene rings is 1. The average molecular weight is 408 g/mol. The van der Waals surface area contributed by atoms with E-state index in [9.17, 15) is 14.4 Å². The van der Waals surface area contributed by atoms with Crippen LogP contribution in [0.5, 0.6) is 0 Å². The van der Waals surface area contributed by atoms with Gasteiger partial charge in [0.25, 0.3) is 5.91 Å². The van der Waals surface area contributed by atoms with Gasteiger partial charge in [0.2, 0.25) is 5.91 Å². The summed E-state index contributed by atoms with van der Waals surface area (Å²) in [6.45, 7) is 3.25. The lowest BCUT2D eigenvalue weighted by Crippen LogP contribution is -2.47. The maximum Gasteiger partial charge on any atom is 0.317 e. The highest BCUT2D eigenvalue weighted by Crippen LogP contribution is 2.29. The lowest BCUT2D eigenvalue weighted by Gasteiger charge is -2.30. The van der Waals surface area contributed by atoms with Gasteiger partial charge < -0.3 is 15.0 Å². The van der Waals surface area contributed by atoms with Gasteiger partial charge in [-0.3, -0.25) is 19.3 Å². The van der Waals surface area contributed by atoms with Crippen molar-refractivity contribution in [2.24, 2.45) is 0 Å². The van der Waals surface area contributed by atoms with Crippen LogP contribution in [0.3, 0.4) is 0 Å². The van der Waals surface area contributed by atoms with Gasteiger partial charge in [-0.2, -0.15) is 0 Å². The van der Waals surface area contributed by atoms with Gasteiger partial charge in [0.05, 0.1) is 17.1 Å². The second-order valence-electron chi connectivity index (χ2n) is 6.37. The molecule has 3 rings (SSSR count). The fourth-order valence-corrected chi connectivity index (χ4v) is 4.08. The number of likely N-dealkylation sites (tertiary alicyclic amines) is 1. The molecule has 1 N–H and O–H groups in total. The van der Waals surface area contributed by atoms with Crippen molar-refractivity contribution in [3.63, 3.8) is 0 Å². The van der Waals surface area contributed by atoms with Gasteiger partial charge >= 0.3 is 5.97 Å². The van der Waals surface area contributed by atoms with Crippen LogP contribution in [0, 0.1) is 0 Å². The molecule has 2 amide bonds. The Bertz CT molecular complexity index is 765. The summed E-state index contributed by atoms with van der Waals surface area (Å²) in [7, 11) is 0. The fraction of sp³-hybridized carbons (Fsp3) is 0.444. The summed E-state index contributed by atoms with van der Waals surface area (Å²) in [5, 5.41) is 2.72. The molecule has 9 heteroatoms. The Morgan fingerprint density at radius 1 is 1.30 bits per heavy atom. The molecule has 7 nitrogen and oxygen atoms in total. The first-order chi connectivity index (χ1) is 13.0. The first-order valence-corrected chi connectivity index (χ1v) is 10.2. The number of amides is 2. The number of nitrogens with one attached hydrogen (secondary N) is 1. The summed E-state index contributed by atoms with van der Waals surface area (Å²) in [5.74, 6) is -1.16. The highest BCUT2D eigenvalue weighted by atomic mass is 32.2. The number of thiocarbonyl (C=S) groups is 1. The Morgan fingerprint density at radius 2 is 2.00 bits per heavy atom. The summed E-state index contributed by atoms with van der Waals surface area (Å²) in [6, 6.07) is 7.02. The smallest absolute Gasteiger partial charge is 0.317 e. The van der Waals surface area contributed by atoms with Crippen molar-refractivity contribution in [1.82, 2.24) is 4.90 Å². The van der Waals surface area contributed by atoms with Crippen molar-refractivity contribution in [3.05, 3.63) is 24.3 Å². The summed E-state index contributed by atoms with van der Waals surface area (Å²) >= 11 is 6.57. The largest absolute Gasteiger partial charge is 0.452 e. The zero-order valence-electron chi connectivity index (χ0n) is 15.0.